The third-order valence-corrected chi connectivity index (χ3v) is 2.51. The van der Waals surface area contributed by atoms with E-state index < -0.39 is 0 Å². The average Bonchev–Trinajstić information content (AvgIpc) is 2.42. The second kappa shape index (κ2) is 10.3. The molecule has 0 atom stereocenters. The van der Waals surface area contributed by atoms with Crippen LogP contribution >= 0.6 is 0 Å². The largest absolute Gasteiger partial charge is 0.441 e. The summed E-state index contributed by atoms with van der Waals surface area (Å²) in [5, 5.41) is 0. The molecule has 0 spiro atoms. The van der Waals surface area contributed by atoms with E-state index in [1.54, 1.807) is 0 Å². The van der Waals surface area contributed by atoms with Gasteiger partial charge in [-0.05, 0) is 17.9 Å². The first-order valence-corrected chi connectivity index (χ1v) is 6.57. The molecule has 0 saturated carbocycles. The summed E-state index contributed by atoms with van der Waals surface area (Å²) in [4.78, 5) is 0. The van der Waals surface area contributed by atoms with Gasteiger partial charge in [-0.3, -0.25) is 0 Å². The zero-order chi connectivity index (χ0) is 12.9. The summed E-state index contributed by atoms with van der Waals surface area (Å²) in [5.41, 5.74) is 1.12. The van der Waals surface area contributed by atoms with Gasteiger partial charge in [-0.15, -0.1) is 0 Å². The first-order chi connectivity index (χ1) is 8.93. The van der Waals surface area contributed by atoms with Crippen LogP contribution in [0.1, 0.15) is 44.6 Å². The Morgan fingerprint density at radius 3 is 2.61 bits per heavy atom. The Labute approximate surface area is 111 Å². The van der Waals surface area contributed by atoms with Crippen LogP contribution in [0.5, 0.6) is 0 Å². The third kappa shape index (κ3) is 7.42. The summed E-state index contributed by atoms with van der Waals surface area (Å²) in [6.45, 7) is 2.73. The van der Waals surface area contributed by atoms with Crippen molar-refractivity contribution in [1.82, 2.24) is 0 Å². The number of benzene rings is 1. The number of hydrogen-bond donors (Lipinski definition) is 0. The van der Waals surface area contributed by atoms with E-state index in [0.29, 0.717) is 6.61 Å². The maximum Gasteiger partial charge on any atom is 0.125 e. The Balaban J connectivity index is 2.09. The van der Waals surface area contributed by atoms with Gasteiger partial charge in [-0.2, -0.15) is 0 Å². The van der Waals surface area contributed by atoms with E-state index in [4.69, 9.17) is 4.74 Å². The number of hydrogen-bond acceptors (Lipinski definition) is 1. The molecule has 0 saturated heterocycles. The van der Waals surface area contributed by atoms with E-state index in [2.05, 4.69) is 30.8 Å². The van der Waals surface area contributed by atoms with Gasteiger partial charge < -0.3 is 4.74 Å². The predicted molar refractivity (Wildman–Crippen MR) is 75.5 cm³/mol. The van der Waals surface area contributed by atoms with Crippen molar-refractivity contribution >= 4 is 0 Å². The lowest BCUT2D eigenvalue weighted by molar-refractivity contribution is 0.265. The van der Waals surface area contributed by atoms with Crippen LogP contribution in [0, 0.1) is 23.9 Å². The fourth-order valence-electron chi connectivity index (χ4n) is 1.50. The van der Waals surface area contributed by atoms with Crippen molar-refractivity contribution in [2.75, 3.05) is 0 Å². The summed E-state index contributed by atoms with van der Waals surface area (Å²) in [5.74, 6) is 8.57. The van der Waals surface area contributed by atoms with Crippen LogP contribution in [0.4, 0.5) is 0 Å². The van der Waals surface area contributed by atoms with Gasteiger partial charge in [0, 0.05) is 12.3 Å². The average molecular weight is 240 g/mol. The zero-order valence-corrected chi connectivity index (χ0v) is 11.0. The molecule has 18 heavy (non-hydrogen) atoms. The van der Waals surface area contributed by atoms with Crippen LogP contribution in [0.2, 0.25) is 0 Å². The first-order valence-electron chi connectivity index (χ1n) is 6.57. The third-order valence-electron chi connectivity index (χ3n) is 2.51. The molecule has 1 nitrogen and oxygen atoms in total. The van der Waals surface area contributed by atoms with Crippen LogP contribution in [-0.4, -0.2) is 0 Å². The normalized spacial score (nSPS) is 8.72. The van der Waals surface area contributed by atoms with Crippen molar-refractivity contribution in [3.63, 3.8) is 0 Å². The topological polar surface area (TPSA) is 9.23 Å². The van der Waals surface area contributed by atoms with E-state index in [0.717, 1.165) is 12.0 Å². The highest BCUT2D eigenvalue weighted by atomic mass is 16.5. The molecule has 0 aromatic heterocycles. The van der Waals surface area contributed by atoms with Gasteiger partial charge >= 0.3 is 0 Å². The first kappa shape index (κ1) is 14.2. The maximum atomic E-state index is 5.20. The molecule has 0 amide bonds. The van der Waals surface area contributed by atoms with Crippen molar-refractivity contribution in [2.45, 2.75) is 45.6 Å². The fraction of sp³-hybridized carbons (Fsp3) is 0.412. The monoisotopic (exact) mass is 240 g/mol. The zero-order valence-electron chi connectivity index (χ0n) is 11.0. The lowest BCUT2D eigenvalue weighted by Gasteiger charge is -1.96. The number of unbranched alkanes of at least 4 members (excludes halogenated alkanes) is 4. The van der Waals surface area contributed by atoms with Crippen LogP contribution in [-0.2, 0) is 11.3 Å². The molecule has 0 heterocycles. The minimum absolute atomic E-state index is 0.520. The maximum absolute atomic E-state index is 5.20. The minimum atomic E-state index is 0.520. The Bertz CT molecular complexity index is 425. The standard InChI is InChI=1S/C17H20O/c1-2-3-4-5-6-7-8-12-15-18-16-17-13-10-9-11-14-17/h9-11,13-14H,2-6,16H2,1H3. The predicted octanol–water partition coefficient (Wildman–Crippen LogP) is 4.14. The van der Waals surface area contributed by atoms with Gasteiger partial charge in [0.05, 0.1) is 0 Å². The van der Waals surface area contributed by atoms with Crippen LogP contribution in [0.25, 0.3) is 0 Å². The highest BCUT2D eigenvalue weighted by Gasteiger charge is 1.87. The van der Waals surface area contributed by atoms with E-state index in [9.17, 15) is 0 Å². The Morgan fingerprint density at radius 1 is 1.00 bits per heavy atom. The quantitative estimate of drug-likeness (QED) is 0.536. The second-order valence-electron chi connectivity index (χ2n) is 4.11. The van der Waals surface area contributed by atoms with E-state index in [-0.39, 0.29) is 0 Å². The van der Waals surface area contributed by atoms with E-state index in [1.807, 2.05) is 30.3 Å². The fourth-order valence-corrected chi connectivity index (χ4v) is 1.50. The Kier molecular flexibility index (Phi) is 8.13. The second-order valence-corrected chi connectivity index (χ2v) is 4.11. The molecule has 0 radical (unpaired) electrons. The molecule has 1 heteroatoms. The molecule has 1 aromatic rings. The number of rotatable bonds is 6. The molecule has 0 aliphatic rings. The lowest BCUT2D eigenvalue weighted by atomic mass is 10.2. The summed E-state index contributed by atoms with van der Waals surface area (Å²) >= 11 is 0. The van der Waals surface area contributed by atoms with Crippen molar-refractivity contribution in [3.05, 3.63) is 35.9 Å². The Morgan fingerprint density at radius 2 is 1.83 bits per heavy atom. The smallest absolute Gasteiger partial charge is 0.125 e. The van der Waals surface area contributed by atoms with Crippen molar-refractivity contribution in [3.8, 4) is 23.9 Å². The summed E-state index contributed by atoms with van der Waals surface area (Å²) in [6.07, 6.45) is 8.55. The van der Waals surface area contributed by atoms with Gasteiger partial charge in [0.2, 0.25) is 0 Å². The van der Waals surface area contributed by atoms with Gasteiger partial charge in [0.1, 0.15) is 12.7 Å². The SMILES string of the molecule is CCCCCCC#CC#COCc1ccccc1. The molecule has 1 aromatic carbocycles. The summed E-state index contributed by atoms with van der Waals surface area (Å²) in [7, 11) is 0. The number of ether oxygens (including phenoxy) is 1. The van der Waals surface area contributed by atoms with Gasteiger partial charge in [0.25, 0.3) is 0 Å². The molecule has 1 rings (SSSR count). The summed E-state index contributed by atoms with van der Waals surface area (Å²) < 4.78 is 5.20. The molecule has 0 bridgehead atoms. The van der Waals surface area contributed by atoms with Gasteiger partial charge in [0.15, 0.2) is 0 Å². The molecule has 0 fully saturated rings. The minimum Gasteiger partial charge on any atom is -0.441 e. The highest BCUT2D eigenvalue weighted by Crippen LogP contribution is 2.01. The van der Waals surface area contributed by atoms with Gasteiger partial charge in [-0.1, -0.05) is 62.4 Å². The summed E-state index contributed by atoms with van der Waals surface area (Å²) in [6, 6.07) is 9.99. The molecule has 0 unspecified atom stereocenters. The molecule has 94 valence electrons. The van der Waals surface area contributed by atoms with Crippen molar-refractivity contribution in [1.29, 1.82) is 0 Å². The van der Waals surface area contributed by atoms with Crippen LogP contribution in [0.3, 0.4) is 0 Å². The molecular formula is C17H20O. The Hall–Kier alpha value is -1.86. The lowest BCUT2D eigenvalue weighted by Crippen LogP contribution is -1.84. The highest BCUT2D eigenvalue weighted by molar-refractivity contribution is 5.24. The molecule has 0 N–H and O–H groups in total. The molecule has 0 aliphatic carbocycles. The van der Waals surface area contributed by atoms with Gasteiger partial charge in [-0.25, -0.2) is 0 Å². The van der Waals surface area contributed by atoms with E-state index >= 15 is 0 Å². The van der Waals surface area contributed by atoms with Crippen LogP contribution in [0.15, 0.2) is 30.3 Å². The van der Waals surface area contributed by atoms with Crippen LogP contribution < -0.4 is 0 Å². The van der Waals surface area contributed by atoms with E-state index in [1.165, 1.54) is 25.7 Å². The van der Waals surface area contributed by atoms with Crippen molar-refractivity contribution in [2.24, 2.45) is 0 Å². The molecular weight excluding hydrogens is 220 g/mol. The van der Waals surface area contributed by atoms with Crippen molar-refractivity contribution < 1.29 is 4.74 Å². The molecule has 0 aliphatic heterocycles.